The second kappa shape index (κ2) is 6.02. The molecule has 2 aromatic heterocycles. The van der Waals surface area contributed by atoms with Gasteiger partial charge in [0.2, 0.25) is 0 Å². The van der Waals surface area contributed by atoms with Crippen molar-refractivity contribution in [3.63, 3.8) is 0 Å². The van der Waals surface area contributed by atoms with Crippen LogP contribution >= 0.6 is 27.3 Å². The van der Waals surface area contributed by atoms with Gasteiger partial charge in [-0.05, 0) is 48.9 Å². The van der Waals surface area contributed by atoms with Crippen molar-refractivity contribution in [2.24, 2.45) is 5.10 Å². The normalized spacial score (nSPS) is 14.5. The molecule has 6 heteroatoms. The van der Waals surface area contributed by atoms with Crippen LogP contribution in [0.1, 0.15) is 28.8 Å². The van der Waals surface area contributed by atoms with Gasteiger partial charge in [0.05, 0.1) is 11.6 Å². The summed E-state index contributed by atoms with van der Waals surface area (Å²) in [4.78, 5) is 19.3. The Bertz CT molecular complexity index is 956. The van der Waals surface area contributed by atoms with E-state index in [0.29, 0.717) is 0 Å². The first kappa shape index (κ1) is 14.8. The summed E-state index contributed by atoms with van der Waals surface area (Å²) in [6.45, 7) is 0. The molecule has 0 bridgehead atoms. The molecular formula is C17H14BrN3OS. The lowest BCUT2D eigenvalue weighted by Gasteiger charge is -2.09. The van der Waals surface area contributed by atoms with Gasteiger partial charge < -0.3 is 0 Å². The predicted octanol–water partition coefficient (Wildman–Crippen LogP) is 3.98. The number of hydrogen-bond acceptors (Lipinski definition) is 4. The fourth-order valence-electron chi connectivity index (χ4n) is 2.90. The fraction of sp³-hybridized carbons (Fsp3) is 0.235. The fourth-order valence-corrected chi connectivity index (χ4v) is 4.38. The molecule has 0 atom stereocenters. The number of aryl methyl sites for hydroxylation is 2. The van der Waals surface area contributed by atoms with Gasteiger partial charge in [0.15, 0.2) is 0 Å². The Labute approximate surface area is 145 Å². The molecule has 2 heterocycles. The second-order valence-electron chi connectivity index (χ2n) is 5.58. The third kappa shape index (κ3) is 2.77. The van der Waals surface area contributed by atoms with E-state index < -0.39 is 0 Å². The number of benzene rings is 1. The minimum absolute atomic E-state index is 0.0669. The van der Waals surface area contributed by atoms with Crippen LogP contribution < -0.4 is 5.56 Å². The lowest BCUT2D eigenvalue weighted by Crippen LogP contribution is -2.18. The number of thiophene rings is 1. The van der Waals surface area contributed by atoms with Crippen molar-refractivity contribution in [1.29, 1.82) is 0 Å². The maximum absolute atomic E-state index is 12.7. The van der Waals surface area contributed by atoms with Crippen molar-refractivity contribution in [3.05, 3.63) is 61.4 Å². The lowest BCUT2D eigenvalue weighted by atomic mass is 9.97. The summed E-state index contributed by atoms with van der Waals surface area (Å²) in [6, 6.07) is 7.77. The topological polar surface area (TPSA) is 47.2 Å². The molecule has 0 amide bonds. The van der Waals surface area contributed by atoms with E-state index in [1.165, 1.54) is 27.9 Å². The highest BCUT2D eigenvalue weighted by Gasteiger charge is 2.19. The molecule has 0 spiro atoms. The average Bonchev–Trinajstić information content (AvgIpc) is 2.95. The predicted molar refractivity (Wildman–Crippen MR) is 97.7 cm³/mol. The maximum atomic E-state index is 12.7. The molecule has 0 saturated heterocycles. The summed E-state index contributed by atoms with van der Waals surface area (Å²) in [6.07, 6.45) is 7.60. The molecule has 3 aromatic rings. The summed E-state index contributed by atoms with van der Waals surface area (Å²) in [5, 5.41) is 5.05. The molecule has 1 aliphatic carbocycles. The van der Waals surface area contributed by atoms with Gasteiger partial charge in [0.25, 0.3) is 5.56 Å². The van der Waals surface area contributed by atoms with Crippen LogP contribution in [-0.2, 0) is 12.8 Å². The van der Waals surface area contributed by atoms with Gasteiger partial charge >= 0.3 is 0 Å². The van der Waals surface area contributed by atoms with Crippen LogP contribution in [0, 0.1) is 0 Å². The standard InChI is InChI=1S/C17H14BrN3OS/c18-12-7-5-11(6-8-12)9-20-21-10-19-16-15(17(21)22)13-3-1-2-4-14(13)23-16/h5-10H,1-4H2/b20-9-. The number of rotatable bonds is 2. The Hall–Kier alpha value is -1.79. The van der Waals surface area contributed by atoms with Crippen molar-refractivity contribution in [2.45, 2.75) is 25.7 Å². The van der Waals surface area contributed by atoms with Gasteiger partial charge in [-0.15, -0.1) is 11.3 Å². The number of hydrogen-bond donors (Lipinski definition) is 0. The summed E-state index contributed by atoms with van der Waals surface area (Å²) in [5.74, 6) is 0. The van der Waals surface area contributed by atoms with E-state index in [-0.39, 0.29) is 5.56 Å². The van der Waals surface area contributed by atoms with Crippen LogP contribution in [0.25, 0.3) is 10.2 Å². The van der Waals surface area contributed by atoms with Crippen LogP contribution in [0.3, 0.4) is 0 Å². The Kier molecular flexibility index (Phi) is 3.87. The molecule has 0 saturated carbocycles. The largest absolute Gasteiger partial charge is 0.282 e. The van der Waals surface area contributed by atoms with Crippen LogP contribution in [0.15, 0.2) is 45.0 Å². The molecule has 0 fully saturated rings. The van der Waals surface area contributed by atoms with Crippen molar-refractivity contribution >= 4 is 43.7 Å². The van der Waals surface area contributed by atoms with E-state index in [1.807, 2.05) is 24.3 Å². The van der Waals surface area contributed by atoms with E-state index in [9.17, 15) is 4.79 Å². The average molecular weight is 388 g/mol. The molecule has 0 N–H and O–H groups in total. The molecule has 116 valence electrons. The zero-order valence-corrected chi connectivity index (χ0v) is 14.7. The van der Waals surface area contributed by atoms with E-state index in [0.717, 1.165) is 39.5 Å². The SMILES string of the molecule is O=c1c2c3c(sc2ncn1/N=C\c1ccc(Br)cc1)CCCC3. The van der Waals surface area contributed by atoms with E-state index in [4.69, 9.17) is 0 Å². The van der Waals surface area contributed by atoms with Gasteiger partial charge in [-0.25, -0.2) is 4.98 Å². The van der Waals surface area contributed by atoms with E-state index in [2.05, 4.69) is 26.0 Å². The second-order valence-corrected chi connectivity index (χ2v) is 7.58. The summed E-state index contributed by atoms with van der Waals surface area (Å²) in [5.41, 5.74) is 2.07. The first-order chi connectivity index (χ1) is 11.2. The van der Waals surface area contributed by atoms with Crippen LogP contribution in [0.2, 0.25) is 0 Å². The summed E-state index contributed by atoms with van der Waals surface area (Å²) >= 11 is 5.06. The zero-order valence-electron chi connectivity index (χ0n) is 12.3. The molecule has 0 radical (unpaired) electrons. The van der Waals surface area contributed by atoms with Crippen molar-refractivity contribution in [1.82, 2.24) is 9.66 Å². The summed E-state index contributed by atoms with van der Waals surface area (Å²) < 4.78 is 2.35. The quantitative estimate of drug-likeness (QED) is 0.624. The highest BCUT2D eigenvalue weighted by molar-refractivity contribution is 9.10. The molecule has 1 aromatic carbocycles. The van der Waals surface area contributed by atoms with Gasteiger partial charge in [-0.1, -0.05) is 28.1 Å². The molecule has 0 aliphatic heterocycles. The Morgan fingerprint density at radius 1 is 1.22 bits per heavy atom. The van der Waals surface area contributed by atoms with Crippen LogP contribution in [0.4, 0.5) is 0 Å². The van der Waals surface area contributed by atoms with Crippen LogP contribution in [0.5, 0.6) is 0 Å². The first-order valence-electron chi connectivity index (χ1n) is 7.54. The minimum atomic E-state index is -0.0669. The molecule has 23 heavy (non-hydrogen) atoms. The van der Waals surface area contributed by atoms with Crippen molar-refractivity contribution < 1.29 is 0 Å². The van der Waals surface area contributed by atoms with Gasteiger partial charge in [-0.2, -0.15) is 9.78 Å². The number of fused-ring (bicyclic) bond motifs is 3. The first-order valence-corrected chi connectivity index (χ1v) is 9.15. The van der Waals surface area contributed by atoms with Gasteiger partial charge in [0, 0.05) is 9.35 Å². The van der Waals surface area contributed by atoms with Crippen molar-refractivity contribution in [2.75, 3.05) is 0 Å². The maximum Gasteiger partial charge on any atom is 0.282 e. The van der Waals surface area contributed by atoms with Gasteiger partial charge in [0.1, 0.15) is 11.2 Å². The van der Waals surface area contributed by atoms with Crippen LogP contribution in [-0.4, -0.2) is 15.9 Å². The molecule has 1 aliphatic rings. The molecule has 4 rings (SSSR count). The van der Waals surface area contributed by atoms with Gasteiger partial charge in [-0.3, -0.25) is 4.79 Å². The number of nitrogens with zero attached hydrogens (tertiary/aromatic N) is 3. The monoisotopic (exact) mass is 387 g/mol. The van der Waals surface area contributed by atoms with Crippen molar-refractivity contribution in [3.8, 4) is 0 Å². The third-order valence-electron chi connectivity index (χ3n) is 4.06. The Morgan fingerprint density at radius 2 is 2.00 bits per heavy atom. The Balaban J connectivity index is 1.77. The minimum Gasteiger partial charge on any atom is -0.267 e. The summed E-state index contributed by atoms with van der Waals surface area (Å²) in [7, 11) is 0. The highest BCUT2D eigenvalue weighted by Crippen LogP contribution is 2.33. The lowest BCUT2D eigenvalue weighted by molar-refractivity contribution is 0.699. The van der Waals surface area contributed by atoms with E-state index >= 15 is 0 Å². The zero-order chi connectivity index (χ0) is 15.8. The molecular weight excluding hydrogens is 374 g/mol. The Morgan fingerprint density at radius 3 is 2.83 bits per heavy atom. The molecule has 4 nitrogen and oxygen atoms in total. The highest BCUT2D eigenvalue weighted by atomic mass is 79.9. The van der Waals surface area contributed by atoms with E-state index in [1.54, 1.807) is 17.6 Å². The number of aromatic nitrogens is 2. The smallest absolute Gasteiger partial charge is 0.267 e. The number of halogens is 1. The third-order valence-corrected chi connectivity index (χ3v) is 5.79. The molecule has 0 unspecified atom stereocenters.